The molecule has 2 rings (SSSR count). The summed E-state index contributed by atoms with van der Waals surface area (Å²) in [6, 6.07) is 7.87. The zero-order chi connectivity index (χ0) is 16.1. The van der Waals surface area contributed by atoms with E-state index in [0.717, 1.165) is 30.1 Å². The molecule has 3 nitrogen and oxygen atoms in total. The van der Waals surface area contributed by atoms with E-state index < -0.39 is 0 Å². The van der Waals surface area contributed by atoms with E-state index in [9.17, 15) is 4.79 Å². The lowest BCUT2D eigenvalue weighted by Gasteiger charge is -2.32. The average Bonchev–Trinajstić information content (AvgIpc) is 3.00. The van der Waals surface area contributed by atoms with Crippen LogP contribution in [0.2, 0.25) is 5.02 Å². The van der Waals surface area contributed by atoms with Crippen LogP contribution in [-0.2, 0) is 4.79 Å². The fourth-order valence-corrected chi connectivity index (χ4v) is 3.60. The van der Waals surface area contributed by atoms with Crippen LogP contribution in [0.1, 0.15) is 44.7 Å². The number of benzene rings is 1. The molecule has 0 bridgehead atoms. The molecule has 1 N–H and O–H groups in total. The number of carbonyl (C=O) groups is 1. The Labute approximate surface area is 139 Å². The molecule has 2 atom stereocenters. The summed E-state index contributed by atoms with van der Waals surface area (Å²) in [5.74, 6) is 1.18. The van der Waals surface area contributed by atoms with Crippen molar-refractivity contribution in [2.75, 3.05) is 20.1 Å². The Kier molecular flexibility index (Phi) is 6.27. The van der Waals surface area contributed by atoms with Gasteiger partial charge in [0, 0.05) is 18.5 Å². The molecule has 0 spiro atoms. The van der Waals surface area contributed by atoms with Crippen molar-refractivity contribution >= 4 is 17.5 Å². The van der Waals surface area contributed by atoms with Crippen LogP contribution in [0.3, 0.4) is 0 Å². The molecule has 0 aliphatic carbocycles. The van der Waals surface area contributed by atoms with Gasteiger partial charge in [-0.1, -0.05) is 43.6 Å². The molecule has 1 heterocycles. The molecule has 22 heavy (non-hydrogen) atoms. The first-order valence-corrected chi connectivity index (χ1v) is 8.59. The number of rotatable bonds is 6. The fraction of sp³-hybridized carbons (Fsp3) is 0.611. The van der Waals surface area contributed by atoms with Gasteiger partial charge in [-0.05, 0) is 49.4 Å². The van der Waals surface area contributed by atoms with Gasteiger partial charge < -0.3 is 10.2 Å². The van der Waals surface area contributed by atoms with Crippen molar-refractivity contribution in [2.24, 2.45) is 11.8 Å². The van der Waals surface area contributed by atoms with Gasteiger partial charge in [0.25, 0.3) is 0 Å². The summed E-state index contributed by atoms with van der Waals surface area (Å²) < 4.78 is 0. The number of hydrogen-bond acceptors (Lipinski definition) is 2. The largest absolute Gasteiger partial charge is 0.338 e. The van der Waals surface area contributed by atoms with Gasteiger partial charge >= 0.3 is 0 Å². The maximum absolute atomic E-state index is 12.6. The maximum Gasteiger partial charge on any atom is 0.222 e. The number of hydrogen-bond donors (Lipinski definition) is 1. The summed E-state index contributed by atoms with van der Waals surface area (Å²) in [5.41, 5.74) is 1.04. The number of nitrogens with zero attached hydrogens (tertiary/aromatic N) is 1. The van der Waals surface area contributed by atoms with Crippen molar-refractivity contribution in [3.8, 4) is 0 Å². The zero-order valence-corrected chi connectivity index (χ0v) is 14.6. The minimum absolute atomic E-state index is 0.0305. The third-order valence-electron chi connectivity index (χ3n) is 4.59. The van der Waals surface area contributed by atoms with Crippen LogP contribution < -0.4 is 5.32 Å². The Morgan fingerprint density at radius 2 is 2.14 bits per heavy atom. The van der Waals surface area contributed by atoms with E-state index in [-0.39, 0.29) is 11.9 Å². The molecule has 1 fully saturated rings. The first kappa shape index (κ1) is 17.3. The molecule has 1 amide bonds. The van der Waals surface area contributed by atoms with Crippen LogP contribution >= 0.6 is 11.6 Å². The summed E-state index contributed by atoms with van der Waals surface area (Å²) in [4.78, 5) is 14.5. The Hall–Kier alpha value is -1.06. The average molecular weight is 323 g/mol. The van der Waals surface area contributed by atoms with Crippen molar-refractivity contribution in [3.63, 3.8) is 0 Å². The maximum atomic E-state index is 12.6. The minimum atomic E-state index is 0.0305. The molecule has 0 aromatic heterocycles. The quantitative estimate of drug-likeness (QED) is 0.862. The van der Waals surface area contributed by atoms with E-state index in [0.29, 0.717) is 18.3 Å². The zero-order valence-electron chi connectivity index (χ0n) is 13.8. The molecule has 1 aromatic rings. The highest BCUT2D eigenvalue weighted by Crippen LogP contribution is 2.33. The lowest BCUT2D eigenvalue weighted by atomic mass is 9.94. The van der Waals surface area contributed by atoms with Crippen molar-refractivity contribution in [3.05, 3.63) is 34.9 Å². The molecule has 122 valence electrons. The van der Waals surface area contributed by atoms with Gasteiger partial charge in [-0.15, -0.1) is 0 Å². The Morgan fingerprint density at radius 3 is 2.73 bits per heavy atom. The molecule has 1 aliphatic rings. The van der Waals surface area contributed by atoms with E-state index in [1.807, 2.05) is 36.2 Å². The summed E-state index contributed by atoms with van der Waals surface area (Å²) in [7, 11) is 1.91. The predicted octanol–water partition coefficient (Wildman–Crippen LogP) is 3.89. The van der Waals surface area contributed by atoms with Gasteiger partial charge in [0.2, 0.25) is 5.91 Å². The highest BCUT2D eigenvalue weighted by molar-refractivity contribution is 6.31. The van der Waals surface area contributed by atoms with Crippen LogP contribution in [0.15, 0.2) is 24.3 Å². The molecule has 0 radical (unpaired) electrons. The van der Waals surface area contributed by atoms with E-state index in [2.05, 4.69) is 19.2 Å². The smallest absolute Gasteiger partial charge is 0.222 e. The summed E-state index contributed by atoms with van der Waals surface area (Å²) >= 11 is 6.35. The second-order valence-electron chi connectivity index (χ2n) is 6.61. The standard InChI is InChI=1S/C18H27ClN2O/c1-13(2)18(15-6-4-5-7-16(15)19)21(3)17(22)9-8-14-10-11-20-12-14/h4-7,13-14,18,20H,8-12H2,1-3H3. The van der Waals surface area contributed by atoms with Crippen molar-refractivity contribution in [2.45, 2.75) is 39.2 Å². The minimum Gasteiger partial charge on any atom is -0.338 e. The van der Waals surface area contributed by atoms with Gasteiger partial charge in [0.15, 0.2) is 0 Å². The van der Waals surface area contributed by atoms with Crippen LogP contribution in [0.4, 0.5) is 0 Å². The van der Waals surface area contributed by atoms with Crippen LogP contribution in [-0.4, -0.2) is 30.9 Å². The van der Waals surface area contributed by atoms with E-state index >= 15 is 0 Å². The normalized spacial score (nSPS) is 19.4. The topological polar surface area (TPSA) is 32.3 Å². The van der Waals surface area contributed by atoms with Crippen molar-refractivity contribution in [1.29, 1.82) is 0 Å². The Bertz CT molecular complexity index is 498. The monoisotopic (exact) mass is 322 g/mol. The second-order valence-corrected chi connectivity index (χ2v) is 7.02. The van der Waals surface area contributed by atoms with Crippen LogP contribution in [0.5, 0.6) is 0 Å². The van der Waals surface area contributed by atoms with Crippen LogP contribution in [0, 0.1) is 11.8 Å². The van der Waals surface area contributed by atoms with E-state index in [1.165, 1.54) is 6.42 Å². The summed E-state index contributed by atoms with van der Waals surface area (Å²) in [6.07, 6.45) is 2.79. The highest BCUT2D eigenvalue weighted by Gasteiger charge is 2.27. The van der Waals surface area contributed by atoms with E-state index in [4.69, 9.17) is 11.6 Å². The molecular weight excluding hydrogens is 296 g/mol. The van der Waals surface area contributed by atoms with E-state index in [1.54, 1.807) is 0 Å². The van der Waals surface area contributed by atoms with Crippen LogP contribution in [0.25, 0.3) is 0 Å². The Balaban J connectivity index is 2.04. The lowest BCUT2D eigenvalue weighted by molar-refractivity contribution is -0.133. The molecule has 2 unspecified atom stereocenters. The number of carbonyl (C=O) groups excluding carboxylic acids is 1. The predicted molar refractivity (Wildman–Crippen MR) is 92.0 cm³/mol. The van der Waals surface area contributed by atoms with Gasteiger partial charge in [-0.2, -0.15) is 0 Å². The molecule has 0 saturated carbocycles. The number of amides is 1. The van der Waals surface area contributed by atoms with Crippen molar-refractivity contribution < 1.29 is 4.79 Å². The first-order chi connectivity index (χ1) is 10.5. The molecule has 1 aromatic carbocycles. The SMILES string of the molecule is CC(C)C(c1ccccc1Cl)N(C)C(=O)CCC1CCNC1. The molecule has 1 aliphatic heterocycles. The molecular formula is C18H27ClN2O. The number of nitrogens with one attached hydrogen (secondary N) is 1. The summed E-state index contributed by atoms with van der Waals surface area (Å²) in [6.45, 7) is 6.41. The third kappa shape index (κ3) is 4.23. The highest BCUT2D eigenvalue weighted by atomic mass is 35.5. The van der Waals surface area contributed by atoms with Gasteiger partial charge in [-0.3, -0.25) is 4.79 Å². The van der Waals surface area contributed by atoms with Gasteiger partial charge in [0.05, 0.1) is 6.04 Å². The number of halogens is 1. The fourth-order valence-electron chi connectivity index (χ4n) is 3.35. The Morgan fingerprint density at radius 1 is 1.41 bits per heavy atom. The van der Waals surface area contributed by atoms with Gasteiger partial charge in [0.1, 0.15) is 0 Å². The third-order valence-corrected chi connectivity index (χ3v) is 4.94. The first-order valence-electron chi connectivity index (χ1n) is 8.21. The molecule has 1 saturated heterocycles. The lowest BCUT2D eigenvalue weighted by Crippen LogP contribution is -2.34. The second kappa shape index (κ2) is 7.98. The van der Waals surface area contributed by atoms with Gasteiger partial charge in [-0.25, -0.2) is 0 Å². The summed E-state index contributed by atoms with van der Waals surface area (Å²) in [5, 5.41) is 4.09. The molecule has 4 heteroatoms. The van der Waals surface area contributed by atoms with Crippen molar-refractivity contribution in [1.82, 2.24) is 10.2 Å².